The minimum atomic E-state index is -0.453. The molecule has 18 heavy (non-hydrogen) atoms. The second kappa shape index (κ2) is 7.10. The predicted octanol–water partition coefficient (Wildman–Crippen LogP) is 1.35. The molecular weight excluding hydrogens is 226 g/mol. The maximum atomic E-state index is 11.7. The van der Waals surface area contributed by atoms with Crippen LogP contribution >= 0.6 is 0 Å². The first-order valence-electron chi connectivity index (χ1n) is 7.24. The number of nitrogens with two attached hydrogens (primary N) is 1. The Bertz CT molecular complexity index is 270. The van der Waals surface area contributed by atoms with E-state index in [9.17, 15) is 4.79 Å². The number of rotatable bonds is 8. The van der Waals surface area contributed by atoms with Gasteiger partial charge < -0.3 is 16.0 Å². The van der Waals surface area contributed by atoms with Crippen molar-refractivity contribution in [3.63, 3.8) is 0 Å². The number of nitrogens with one attached hydrogen (secondary N) is 1. The number of carbonyl (C=O) groups is 1. The number of primary amides is 1. The van der Waals surface area contributed by atoms with E-state index in [-0.39, 0.29) is 5.91 Å². The van der Waals surface area contributed by atoms with Crippen molar-refractivity contribution in [2.45, 2.75) is 51.0 Å². The van der Waals surface area contributed by atoms with Crippen molar-refractivity contribution >= 4 is 5.91 Å². The molecule has 1 rings (SSSR count). The zero-order valence-corrected chi connectivity index (χ0v) is 12.2. The lowest BCUT2D eigenvalue weighted by Gasteiger charge is -2.33. The van der Waals surface area contributed by atoms with Gasteiger partial charge in [-0.1, -0.05) is 19.8 Å². The summed E-state index contributed by atoms with van der Waals surface area (Å²) in [6, 6.07) is 0. The molecule has 1 aliphatic carbocycles. The fourth-order valence-electron chi connectivity index (χ4n) is 3.16. The molecule has 1 amide bonds. The Hall–Kier alpha value is -0.610. The first-order chi connectivity index (χ1) is 8.56. The fraction of sp³-hybridized carbons (Fsp3) is 0.929. The summed E-state index contributed by atoms with van der Waals surface area (Å²) in [4.78, 5) is 14.1. The Balaban J connectivity index is 2.47. The molecule has 1 aliphatic rings. The highest BCUT2D eigenvalue weighted by Crippen LogP contribution is 2.37. The van der Waals surface area contributed by atoms with Gasteiger partial charge in [-0.3, -0.25) is 4.79 Å². The van der Waals surface area contributed by atoms with E-state index < -0.39 is 5.54 Å². The number of nitrogens with zero attached hydrogens (tertiary/aromatic N) is 1. The van der Waals surface area contributed by atoms with Gasteiger partial charge in [0, 0.05) is 0 Å². The Morgan fingerprint density at radius 1 is 1.50 bits per heavy atom. The van der Waals surface area contributed by atoms with E-state index in [2.05, 4.69) is 24.2 Å². The molecule has 0 aromatic carbocycles. The number of hydrogen-bond donors (Lipinski definition) is 2. The van der Waals surface area contributed by atoms with Gasteiger partial charge in [-0.15, -0.1) is 0 Å². The highest BCUT2D eigenvalue weighted by Gasteiger charge is 2.46. The lowest BCUT2D eigenvalue weighted by molar-refractivity contribution is -0.125. The van der Waals surface area contributed by atoms with E-state index in [1.807, 2.05) is 7.05 Å². The van der Waals surface area contributed by atoms with Gasteiger partial charge in [0.05, 0.1) is 0 Å². The quantitative estimate of drug-likeness (QED) is 0.688. The number of hydrogen-bond acceptors (Lipinski definition) is 3. The Kier molecular flexibility index (Phi) is 6.09. The molecule has 0 radical (unpaired) electrons. The van der Waals surface area contributed by atoms with Crippen LogP contribution in [0.2, 0.25) is 0 Å². The average molecular weight is 255 g/mol. The number of amides is 1. The van der Waals surface area contributed by atoms with Crippen molar-refractivity contribution in [1.82, 2.24) is 10.2 Å². The van der Waals surface area contributed by atoms with E-state index in [4.69, 9.17) is 5.73 Å². The molecule has 2 unspecified atom stereocenters. The van der Waals surface area contributed by atoms with Gasteiger partial charge in [0.15, 0.2) is 0 Å². The van der Waals surface area contributed by atoms with Crippen LogP contribution in [-0.4, -0.2) is 43.5 Å². The highest BCUT2D eigenvalue weighted by molar-refractivity contribution is 5.85. The van der Waals surface area contributed by atoms with Gasteiger partial charge in [-0.2, -0.15) is 0 Å². The van der Waals surface area contributed by atoms with Crippen molar-refractivity contribution in [3.8, 4) is 0 Å². The third-order valence-corrected chi connectivity index (χ3v) is 4.46. The monoisotopic (exact) mass is 255 g/mol. The van der Waals surface area contributed by atoms with Crippen molar-refractivity contribution in [2.24, 2.45) is 11.7 Å². The molecule has 0 aromatic heterocycles. The zero-order valence-electron chi connectivity index (χ0n) is 12.2. The minimum Gasteiger partial charge on any atom is -0.368 e. The molecule has 4 heteroatoms. The molecule has 0 saturated heterocycles. The molecule has 3 N–H and O–H groups in total. The van der Waals surface area contributed by atoms with Crippen LogP contribution in [0.15, 0.2) is 0 Å². The molecule has 1 fully saturated rings. The van der Waals surface area contributed by atoms with Gasteiger partial charge in [0.25, 0.3) is 0 Å². The van der Waals surface area contributed by atoms with Crippen LogP contribution in [0.4, 0.5) is 0 Å². The standard InChI is InChI=1S/C14H29N3O/c1-4-5-10-17(3)11-8-12-7-6-9-14(12,16-2)13(15)18/h12,16H,4-11H2,1-3H3,(H2,15,18). The molecule has 1 saturated carbocycles. The summed E-state index contributed by atoms with van der Waals surface area (Å²) in [6.45, 7) is 4.41. The molecule has 4 nitrogen and oxygen atoms in total. The maximum absolute atomic E-state index is 11.7. The lowest BCUT2D eigenvalue weighted by Crippen LogP contribution is -2.56. The van der Waals surface area contributed by atoms with Gasteiger partial charge in [-0.25, -0.2) is 0 Å². The van der Waals surface area contributed by atoms with Gasteiger partial charge >= 0.3 is 0 Å². The van der Waals surface area contributed by atoms with Crippen LogP contribution in [-0.2, 0) is 4.79 Å². The van der Waals surface area contributed by atoms with Crippen molar-refractivity contribution < 1.29 is 4.79 Å². The predicted molar refractivity (Wildman–Crippen MR) is 75.3 cm³/mol. The first-order valence-corrected chi connectivity index (χ1v) is 7.24. The van der Waals surface area contributed by atoms with Crippen LogP contribution < -0.4 is 11.1 Å². The molecule has 0 heterocycles. The first kappa shape index (κ1) is 15.4. The van der Waals surface area contributed by atoms with Crippen LogP contribution in [0.5, 0.6) is 0 Å². The van der Waals surface area contributed by atoms with E-state index in [0.29, 0.717) is 5.92 Å². The molecule has 106 valence electrons. The maximum Gasteiger partial charge on any atom is 0.238 e. The third-order valence-electron chi connectivity index (χ3n) is 4.46. The Morgan fingerprint density at radius 2 is 2.22 bits per heavy atom. The number of unbranched alkanes of at least 4 members (excludes halogenated alkanes) is 1. The summed E-state index contributed by atoms with van der Waals surface area (Å²) in [7, 11) is 4.03. The third kappa shape index (κ3) is 3.45. The summed E-state index contributed by atoms with van der Waals surface area (Å²) in [5.74, 6) is 0.216. The Labute approximate surface area is 111 Å². The van der Waals surface area contributed by atoms with Crippen molar-refractivity contribution in [1.29, 1.82) is 0 Å². The summed E-state index contributed by atoms with van der Waals surface area (Å²) >= 11 is 0. The SMILES string of the molecule is CCCCN(C)CCC1CCCC1(NC)C(N)=O. The summed E-state index contributed by atoms with van der Waals surface area (Å²) in [6.07, 6.45) is 6.65. The minimum absolute atomic E-state index is 0.177. The topological polar surface area (TPSA) is 58.4 Å². The van der Waals surface area contributed by atoms with Crippen LogP contribution in [0.1, 0.15) is 45.4 Å². The second-order valence-corrected chi connectivity index (χ2v) is 5.62. The molecule has 0 bridgehead atoms. The van der Waals surface area contributed by atoms with Crippen molar-refractivity contribution in [2.75, 3.05) is 27.2 Å². The second-order valence-electron chi connectivity index (χ2n) is 5.62. The van der Waals surface area contributed by atoms with Crippen LogP contribution in [0.3, 0.4) is 0 Å². The molecule has 0 aliphatic heterocycles. The van der Waals surface area contributed by atoms with Crippen molar-refractivity contribution in [3.05, 3.63) is 0 Å². The molecular formula is C14H29N3O. The van der Waals surface area contributed by atoms with E-state index >= 15 is 0 Å². The highest BCUT2D eigenvalue weighted by atomic mass is 16.1. The van der Waals surface area contributed by atoms with E-state index in [1.54, 1.807) is 0 Å². The summed E-state index contributed by atoms with van der Waals surface area (Å²) < 4.78 is 0. The number of likely N-dealkylation sites (N-methyl/N-ethyl adjacent to an activating group) is 1. The fourth-order valence-corrected chi connectivity index (χ4v) is 3.16. The Morgan fingerprint density at radius 3 is 2.78 bits per heavy atom. The zero-order chi connectivity index (χ0) is 13.6. The van der Waals surface area contributed by atoms with Gasteiger partial charge in [-0.05, 0) is 58.8 Å². The normalized spacial score (nSPS) is 27.9. The van der Waals surface area contributed by atoms with Gasteiger partial charge in [0.1, 0.15) is 5.54 Å². The van der Waals surface area contributed by atoms with Crippen LogP contribution in [0, 0.1) is 5.92 Å². The van der Waals surface area contributed by atoms with Gasteiger partial charge in [0.2, 0.25) is 5.91 Å². The van der Waals surface area contributed by atoms with E-state index in [0.717, 1.165) is 38.8 Å². The largest absolute Gasteiger partial charge is 0.368 e. The molecule has 0 spiro atoms. The smallest absolute Gasteiger partial charge is 0.238 e. The van der Waals surface area contributed by atoms with Crippen LogP contribution in [0.25, 0.3) is 0 Å². The average Bonchev–Trinajstić information content (AvgIpc) is 2.77. The summed E-state index contributed by atoms with van der Waals surface area (Å²) in [5.41, 5.74) is 5.15. The van der Waals surface area contributed by atoms with E-state index in [1.165, 1.54) is 12.8 Å². The lowest BCUT2D eigenvalue weighted by atomic mass is 9.84. The molecule has 2 atom stereocenters. The number of carbonyl (C=O) groups excluding carboxylic acids is 1. The summed E-state index contributed by atoms with van der Waals surface area (Å²) in [5, 5.41) is 3.20. The molecule has 0 aromatic rings.